The summed E-state index contributed by atoms with van der Waals surface area (Å²) in [4.78, 5) is 17.8. The van der Waals surface area contributed by atoms with Crippen molar-refractivity contribution in [3.63, 3.8) is 0 Å². The van der Waals surface area contributed by atoms with Crippen molar-refractivity contribution in [3.8, 4) is 22.1 Å². The van der Waals surface area contributed by atoms with Gasteiger partial charge in [0.15, 0.2) is 16.6 Å². The minimum Gasteiger partial charge on any atom is -0.493 e. The highest BCUT2D eigenvalue weighted by molar-refractivity contribution is 7.20. The maximum absolute atomic E-state index is 12.5. The number of nitrogens with one attached hydrogen (secondary N) is 1. The van der Waals surface area contributed by atoms with E-state index >= 15 is 0 Å². The molecule has 0 aliphatic heterocycles. The number of hydrogen-bond acceptors (Lipinski definition) is 6. The summed E-state index contributed by atoms with van der Waals surface area (Å²) in [5.74, 6) is 0.424. The molecule has 0 aliphatic carbocycles. The van der Waals surface area contributed by atoms with E-state index in [4.69, 9.17) is 32.7 Å². The Labute approximate surface area is 162 Å². The molecule has 0 saturated heterocycles. The number of amides is 1. The van der Waals surface area contributed by atoms with Gasteiger partial charge in [-0.25, -0.2) is 4.98 Å². The third kappa shape index (κ3) is 3.90. The second-order valence-electron chi connectivity index (χ2n) is 4.79. The van der Waals surface area contributed by atoms with Crippen LogP contribution >= 0.6 is 45.9 Å². The quantitative estimate of drug-likeness (QED) is 0.602. The van der Waals surface area contributed by atoms with Crippen LogP contribution in [-0.4, -0.2) is 25.1 Å². The van der Waals surface area contributed by atoms with Crippen LogP contribution in [0.3, 0.4) is 0 Å². The van der Waals surface area contributed by atoms with Crippen molar-refractivity contribution in [2.75, 3.05) is 19.5 Å². The zero-order valence-corrected chi connectivity index (χ0v) is 16.3. The number of carbonyl (C=O) groups is 1. The van der Waals surface area contributed by atoms with Crippen LogP contribution in [0.4, 0.5) is 5.13 Å². The predicted molar refractivity (Wildman–Crippen MR) is 103 cm³/mol. The number of thiazole rings is 1. The van der Waals surface area contributed by atoms with Crippen molar-refractivity contribution in [3.05, 3.63) is 44.6 Å². The molecule has 3 aromatic rings. The standard InChI is InChI=1S/C16H12Cl2N2O3S2/c1-22-11-6-8(5-9(17)14(11)23-2)15(21)20-16-19-10(7-24-16)12-3-4-13(18)25-12/h3-7H,1-2H3,(H,19,20,21). The number of rotatable bonds is 5. The number of thiophene rings is 1. The smallest absolute Gasteiger partial charge is 0.257 e. The van der Waals surface area contributed by atoms with E-state index in [9.17, 15) is 4.79 Å². The molecule has 0 atom stereocenters. The summed E-state index contributed by atoms with van der Waals surface area (Å²) in [6.07, 6.45) is 0. The van der Waals surface area contributed by atoms with Gasteiger partial charge in [-0.2, -0.15) is 0 Å². The monoisotopic (exact) mass is 414 g/mol. The molecule has 0 radical (unpaired) electrons. The molecular weight excluding hydrogens is 403 g/mol. The number of methoxy groups -OCH3 is 2. The molecule has 0 saturated carbocycles. The van der Waals surface area contributed by atoms with Crippen LogP contribution in [0.1, 0.15) is 10.4 Å². The molecule has 0 bridgehead atoms. The average Bonchev–Trinajstić information content (AvgIpc) is 3.22. The lowest BCUT2D eigenvalue weighted by molar-refractivity contribution is 0.102. The topological polar surface area (TPSA) is 60.5 Å². The average molecular weight is 415 g/mol. The minimum atomic E-state index is -0.340. The summed E-state index contributed by atoms with van der Waals surface area (Å²) >= 11 is 14.8. The van der Waals surface area contributed by atoms with Crippen molar-refractivity contribution in [1.82, 2.24) is 4.98 Å². The van der Waals surface area contributed by atoms with E-state index in [1.165, 1.54) is 43.0 Å². The van der Waals surface area contributed by atoms with Crippen molar-refractivity contribution in [2.24, 2.45) is 0 Å². The van der Waals surface area contributed by atoms with Crippen LogP contribution < -0.4 is 14.8 Å². The molecule has 3 rings (SSSR count). The molecule has 1 aromatic carbocycles. The van der Waals surface area contributed by atoms with Gasteiger partial charge in [-0.05, 0) is 24.3 Å². The fraction of sp³-hybridized carbons (Fsp3) is 0.125. The number of benzene rings is 1. The number of anilines is 1. The Morgan fingerprint density at radius 1 is 1.20 bits per heavy atom. The highest BCUT2D eigenvalue weighted by atomic mass is 35.5. The summed E-state index contributed by atoms with van der Waals surface area (Å²) in [5.41, 5.74) is 1.11. The van der Waals surface area contributed by atoms with E-state index in [2.05, 4.69) is 10.3 Å². The number of halogens is 2. The van der Waals surface area contributed by atoms with E-state index < -0.39 is 0 Å². The van der Waals surface area contributed by atoms with Gasteiger partial charge >= 0.3 is 0 Å². The van der Waals surface area contributed by atoms with Crippen LogP contribution in [0.25, 0.3) is 10.6 Å². The zero-order chi connectivity index (χ0) is 18.0. The molecule has 2 aromatic heterocycles. The molecule has 5 nitrogen and oxygen atoms in total. The maximum atomic E-state index is 12.5. The third-order valence-electron chi connectivity index (χ3n) is 3.25. The first-order valence-corrected chi connectivity index (χ1v) is 9.41. The predicted octanol–water partition coefficient (Wildman–Crippen LogP) is 5.45. The van der Waals surface area contributed by atoms with E-state index in [0.717, 1.165) is 10.6 Å². The highest BCUT2D eigenvalue weighted by Crippen LogP contribution is 2.36. The van der Waals surface area contributed by atoms with E-state index in [0.29, 0.717) is 31.6 Å². The Morgan fingerprint density at radius 3 is 2.64 bits per heavy atom. The molecular formula is C16H12Cl2N2O3S2. The maximum Gasteiger partial charge on any atom is 0.257 e. The number of carbonyl (C=O) groups excluding carboxylic acids is 1. The third-order valence-corrected chi connectivity index (χ3v) is 5.54. The van der Waals surface area contributed by atoms with E-state index in [1.54, 1.807) is 6.07 Å². The van der Waals surface area contributed by atoms with E-state index in [-0.39, 0.29) is 5.91 Å². The molecule has 0 unspecified atom stereocenters. The lowest BCUT2D eigenvalue weighted by Gasteiger charge is -2.11. The molecule has 2 heterocycles. The summed E-state index contributed by atoms with van der Waals surface area (Å²) in [6.45, 7) is 0. The normalized spacial score (nSPS) is 10.6. The SMILES string of the molecule is COc1cc(C(=O)Nc2nc(-c3ccc(Cl)s3)cs2)cc(Cl)c1OC. The van der Waals surface area contributed by atoms with Crippen molar-refractivity contribution >= 4 is 56.9 Å². The Balaban J connectivity index is 1.81. The molecule has 1 N–H and O–H groups in total. The van der Waals surface area contributed by atoms with Gasteiger partial charge in [0.1, 0.15) is 0 Å². The first kappa shape index (κ1) is 18.0. The summed E-state index contributed by atoms with van der Waals surface area (Å²) < 4.78 is 11.1. The van der Waals surface area contributed by atoms with Crippen LogP contribution in [0.5, 0.6) is 11.5 Å². The molecule has 0 fully saturated rings. The van der Waals surface area contributed by atoms with Gasteiger partial charge in [-0.3, -0.25) is 10.1 Å². The van der Waals surface area contributed by atoms with Crippen molar-refractivity contribution in [1.29, 1.82) is 0 Å². The van der Waals surface area contributed by atoms with Crippen LogP contribution in [0.15, 0.2) is 29.6 Å². The Hall–Kier alpha value is -1.80. The number of ether oxygens (including phenoxy) is 2. The lowest BCUT2D eigenvalue weighted by atomic mass is 10.2. The molecule has 25 heavy (non-hydrogen) atoms. The lowest BCUT2D eigenvalue weighted by Crippen LogP contribution is -2.12. The van der Waals surface area contributed by atoms with Crippen molar-refractivity contribution < 1.29 is 14.3 Å². The first-order valence-electron chi connectivity index (χ1n) is 6.96. The largest absolute Gasteiger partial charge is 0.493 e. The van der Waals surface area contributed by atoms with Gasteiger partial charge in [-0.1, -0.05) is 23.2 Å². The number of aromatic nitrogens is 1. The second-order valence-corrected chi connectivity index (χ2v) is 7.77. The van der Waals surface area contributed by atoms with Gasteiger partial charge in [0, 0.05) is 10.9 Å². The van der Waals surface area contributed by atoms with E-state index in [1.807, 2.05) is 17.5 Å². The number of hydrogen-bond donors (Lipinski definition) is 1. The van der Waals surface area contributed by atoms with Crippen LogP contribution in [0, 0.1) is 0 Å². The van der Waals surface area contributed by atoms with Crippen LogP contribution in [0.2, 0.25) is 9.36 Å². The number of nitrogens with zero attached hydrogens (tertiary/aromatic N) is 1. The van der Waals surface area contributed by atoms with Gasteiger partial charge in [-0.15, -0.1) is 22.7 Å². The molecule has 0 aliphatic rings. The molecule has 0 spiro atoms. The second kappa shape index (κ2) is 7.61. The van der Waals surface area contributed by atoms with Gasteiger partial charge < -0.3 is 9.47 Å². The van der Waals surface area contributed by atoms with Crippen molar-refractivity contribution in [2.45, 2.75) is 0 Å². The highest BCUT2D eigenvalue weighted by Gasteiger charge is 2.16. The van der Waals surface area contributed by atoms with Crippen LogP contribution in [-0.2, 0) is 0 Å². The van der Waals surface area contributed by atoms with Gasteiger partial charge in [0.25, 0.3) is 5.91 Å². The summed E-state index contributed by atoms with van der Waals surface area (Å²) in [5, 5.41) is 5.39. The minimum absolute atomic E-state index is 0.292. The Morgan fingerprint density at radius 2 is 2.00 bits per heavy atom. The summed E-state index contributed by atoms with van der Waals surface area (Å²) in [7, 11) is 2.96. The molecule has 130 valence electrons. The first-order chi connectivity index (χ1) is 12.0. The molecule has 1 amide bonds. The summed E-state index contributed by atoms with van der Waals surface area (Å²) in [6, 6.07) is 6.78. The zero-order valence-electron chi connectivity index (χ0n) is 13.1. The fourth-order valence-electron chi connectivity index (χ4n) is 2.11. The van der Waals surface area contributed by atoms with Gasteiger partial charge in [0.2, 0.25) is 0 Å². The molecule has 9 heteroatoms. The Bertz CT molecular complexity index is 924. The fourth-order valence-corrected chi connectivity index (χ4v) is 4.19. The van der Waals surface area contributed by atoms with Gasteiger partial charge in [0.05, 0.1) is 34.1 Å². The Kier molecular flexibility index (Phi) is 5.48.